The summed E-state index contributed by atoms with van der Waals surface area (Å²) >= 11 is 0. The van der Waals surface area contributed by atoms with E-state index in [9.17, 15) is 0 Å². The van der Waals surface area contributed by atoms with Gasteiger partial charge in [0, 0.05) is 17.8 Å². The van der Waals surface area contributed by atoms with Crippen molar-refractivity contribution in [2.24, 2.45) is 10.9 Å². The number of hydrogen-bond acceptors (Lipinski definition) is 5. The molecule has 29 heavy (non-hydrogen) atoms. The summed E-state index contributed by atoms with van der Waals surface area (Å²) in [6, 6.07) is 2.06. The van der Waals surface area contributed by atoms with Crippen LogP contribution in [0.25, 0.3) is 11.0 Å². The Kier molecular flexibility index (Phi) is 5.71. The Hall–Kier alpha value is -2.99. The van der Waals surface area contributed by atoms with Crippen molar-refractivity contribution < 1.29 is 9.47 Å². The fourth-order valence-corrected chi connectivity index (χ4v) is 3.75. The molecule has 0 spiro atoms. The van der Waals surface area contributed by atoms with Crippen molar-refractivity contribution in [3.05, 3.63) is 72.2 Å². The molecule has 1 aliphatic heterocycles. The maximum absolute atomic E-state index is 6.33. The Morgan fingerprint density at radius 3 is 3.07 bits per heavy atom. The molecule has 0 N–H and O–H groups in total. The summed E-state index contributed by atoms with van der Waals surface area (Å²) in [6.07, 6.45) is 17.2. The third kappa shape index (κ3) is 4.22. The molecular weight excluding hydrogens is 364 g/mol. The van der Waals surface area contributed by atoms with Crippen molar-refractivity contribution in [1.29, 1.82) is 0 Å². The van der Waals surface area contributed by atoms with E-state index in [4.69, 9.17) is 9.47 Å². The van der Waals surface area contributed by atoms with Gasteiger partial charge in [0.15, 0.2) is 0 Å². The van der Waals surface area contributed by atoms with Crippen LogP contribution in [0.2, 0.25) is 0 Å². The molecule has 0 saturated carbocycles. The molecule has 150 valence electrons. The lowest BCUT2D eigenvalue weighted by Crippen LogP contribution is -2.21. The number of hydrogen-bond donors (Lipinski definition) is 0. The molecule has 0 radical (unpaired) electrons. The lowest BCUT2D eigenvalue weighted by molar-refractivity contribution is -0.0332. The predicted molar refractivity (Wildman–Crippen MR) is 115 cm³/mol. The lowest BCUT2D eigenvalue weighted by atomic mass is 10.0. The van der Waals surface area contributed by atoms with Crippen LogP contribution in [-0.2, 0) is 9.47 Å². The number of ether oxygens (including phenoxy) is 2. The normalized spacial score (nSPS) is 25.8. The number of allylic oxidation sites excluding steroid dienone is 6. The quantitative estimate of drug-likeness (QED) is 0.673. The topological polar surface area (TPSA) is 61.5 Å². The number of nitrogens with zero attached hydrogens (tertiary/aromatic N) is 4. The Morgan fingerprint density at radius 2 is 2.28 bits per heavy atom. The molecule has 4 rings (SSSR count). The van der Waals surface area contributed by atoms with Crippen LogP contribution in [0.3, 0.4) is 0 Å². The summed E-state index contributed by atoms with van der Waals surface area (Å²) in [5.74, 6) is 1.29. The zero-order chi connectivity index (χ0) is 20.2. The van der Waals surface area contributed by atoms with Gasteiger partial charge >= 0.3 is 0 Å². The molecule has 0 aromatic carbocycles. The van der Waals surface area contributed by atoms with Gasteiger partial charge in [-0.3, -0.25) is 4.99 Å². The van der Waals surface area contributed by atoms with Gasteiger partial charge in [-0.1, -0.05) is 19.1 Å². The Bertz CT molecular complexity index is 1020. The number of aryl methyl sites for hydroxylation is 1. The second-order valence-corrected chi connectivity index (χ2v) is 7.48. The molecule has 2 aliphatic rings. The molecular formula is C23H26N4O2. The zero-order valence-corrected chi connectivity index (χ0v) is 16.9. The molecule has 2 aromatic heterocycles. The number of fused-ring (bicyclic) bond motifs is 1. The average molecular weight is 390 g/mol. The maximum atomic E-state index is 6.33. The smallest absolute Gasteiger partial charge is 0.145 e. The molecule has 3 atom stereocenters. The van der Waals surface area contributed by atoms with Gasteiger partial charge in [0.1, 0.15) is 30.6 Å². The monoisotopic (exact) mass is 390 g/mol. The third-order valence-corrected chi connectivity index (χ3v) is 5.48. The van der Waals surface area contributed by atoms with Crippen molar-refractivity contribution in [2.75, 3.05) is 6.61 Å². The van der Waals surface area contributed by atoms with E-state index in [0.717, 1.165) is 35.3 Å². The minimum Gasteiger partial charge on any atom is -0.491 e. The fourth-order valence-electron chi connectivity index (χ4n) is 3.75. The van der Waals surface area contributed by atoms with E-state index in [1.54, 1.807) is 12.5 Å². The Morgan fingerprint density at radius 1 is 1.38 bits per heavy atom. The average Bonchev–Trinajstić information content (AvgIpc) is 3.32. The van der Waals surface area contributed by atoms with Crippen molar-refractivity contribution in [2.45, 2.75) is 39.0 Å². The third-order valence-electron chi connectivity index (χ3n) is 5.48. The van der Waals surface area contributed by atoms with Crippen LogP contribution in [-0.4, -0.2) is 34.0 Å². The highest BCUT2D eigenvalue weighted by Crippen LogP contribution is 2.35. The van der Waals surface area contributed by atoms with Crippen molar-refractivity contribution in [3.63, 3.8) is 0 Å². The molecule has 1 aliphatic carbocycles. The summed E-state index contributed by atoms with van der Waals surface area (Å²) < 4.78 is 14.5. The first-order chi connectivity index (χ1) is 14.2. The molecule has 6 nitrogen and oxygen atoms in total. The molecule has 3 heterocycles. The largest absolute Gasteiger partial charge is 0.491 e. The zero-order valence-electron chi connectivity index (χ0n) is 16.9. The maximum Gasteiger partial charge on any atom is 0.145 e. The standard InChI is InChI=1S/C23H26N4O2/c1-16-13-22(27-12-10-20-17(2)25-15-26-23(20)27)29-21(16)14-28-19-8-6-18(7-9-19)5-4-11-24-3/h4-6,8-12,15-16,21-22H,3,7,13-14H2,1-2H3/b11-4-,18-5-. The molecule has 0 bridgehead atoms. The van der Waals surface area contributed by atoms with E-state index in [-0.39, 0.29) is 12.3 Å². The van der Waals surface area contributed by atoms with Gasteiger partial charge in [-0.05, 0) is 62.3 Å². The molecule has 0 amide bonds. The van der Waals surface area contributed by atoms with Gasteiger partial charge in [0.25, 0.3) is 0 Å². The van der Waals surface area contributed by atoms with E-state index < -0.39 is 0 Å². The minimum atomic E-state index is -0.0268. The van der Waals surface area contributed by atoms with Gasteiger partial charge in [-0.25, -0.2) is 9.97 Å². The van der Waals surface area contributed by atoms with Crippen LogP contribution in [0.15, 0.2) is 71.5 Å². The van der Waals surface area contributed by atoms with E-state index in [1.165, 1.54) is 5.57 Å². The predicted octanol–water partition coefficient (Wildman–Crippen LogP) is 4.66. The van der Waals surface area contributed by atoms with Gasteiger partial charge in [-0.15, -0.1) is 0 Å². The highest BCUT2D eigenvalue weighted by Gasteiger charge is 2.34. The van der Waals surface area contributed by atoms with E-state index in [0.29, 0.717) is 12.5 Å². The first kappa shape index (κ1) is 19.3. The lowest BCUT2D eigenvalue weighted by Gasteiger charge is -2.19. The molecule has 1 saturated heterocycles. The molecule has 3 unspecified atom stereocenters. The highest BCUT2D eigenvalue weighted by atomic mass is 16.6. The van der Waals surface area contributed by atoms with Crippen molar-refractivity contribution in [1.82, 2.24) is 14.5 Å². The summed E-state index contributed by atoms with van der Waals surface area (Å²) in [5, 5.41) is 1.07. The van der Waals surface area contributed by atoms with Crippen LogP contribution in [0.5, 0.6) is 0 Å². The SMILES string of the molecule is C=N/C=C\C=C1\C=CC(OCC2OC(n3ccc4c(C)ncnc43)CC2C)=CC1. The van der Waals surface area contributed by atoms with Crippen LogP contribution < -0.4 is 0 Å². The summed E-state index contributed by atoms with van der Waals surface area (Å²) in [5.41, 5.74) is 3.12. The van der Waals surface area contributed by atoms with Crippen LogP contribution in [0.4, 0.5) is 0 Å². The summed E-state index contributed by atoms with van der Waals surface area (Å²) in [4.78, 5) is 12.4. The van der Waals surface area contributed by atoms with Gasteiger partial charge in [0.2, 0.25) is 0 Å². The van der Waals surface area contributed by atoms with E-state index >= 15 is 0 Å². The number of aliphatic imine (C=N–C) groups is 1. The van der Waals surface area contributed by atoms with Crippen molar-refractivity contribution in [3.8, 4) is 0 Å². The second kappa shape index (κ2) is 8.57. The van der Waals surface area contributed by atoms with Crippen molar-refractivity contribution >= 4 is 17.8 Å². The van der Waals surface area contributed by atoms with Crippen LogP contribution in [0.1, 0.15) is 31.7 Å². The number of rotatable bonds is 6. The molecule has 1 fully saturated rings. The summed E-state index contributed by atoms with van der Waals surface area (Å²) in [7, 11) is 0. The first-order valence-corrected chi connectivity index (χ1v) is 9.92. The molecule has 6 heteroatoms. The fraction of sp³-hybridized carbons (Fsp3) is 0.348. The van der Waals surface area contributed by atoms with E-state index in [1.807, 2.05) is 31.3 Å². The van der Waals surface area contributed by atoms with Crippen LogP contribution >= 0.6 is 0 Å². The number of aromatic nitrogens is 3. The summed E-state index contributed by atoms with van der Waals surface area (Å²) in [6.45, 7) is 8.19. The molecule has 2 aromatic rings. The first-order valence-electron chi connectivity index (χ1n) is 9.92. The van der Waals surface area contributed by atoms with Gasteiger partial charge < -0.3 is 14.0 Å². The highest BCUT2D eigenvalue weighted by molar-refractivity contribution is 5.78. The second-order valence-electron chi connectivity index (χ2n) is 7.48. The Balaban J connectivity index is 1.36. The van der Waals surface area contributed by atoms with Crippen LogP contribution in [0, 0.1) is 12.8 Å². The van der Waals surface area contributed by atoms with E-state index in [2.05, 4.69) is 51.4 Å². The van der Waals surface area contributed by atoms with Gasteiger partial charge in [0.05, 0.1) is 11.8 Å². The Labute approximate surface area is 171 Å². The minimum absolute atomic E-state index is 0.0268. The van der Waals surface area contributed by atoms with Gasteiger partial charge in [-0.2, -0.15) is 0 Å².